The Morgan fingerprint density at radius 1 is 1.19 bits per heavy atom. The Morgan fingerprint density at radius 3 is 2.69 bits per heavy atom. The maximum absolute atomic E-state index is 13.6. The molecule has 3 rings (SSSR count). The maximum atomic E-state index is 13.6. The predicted octanol–water partition coefficient (Wildman–Crippen LogP) is 2.84. The number of hydrogen-bond donors (Lipinski definition) is 1. The first-order valence-corrected chi connectivity index (χ1v) is 8.49. The Kier molecular flexibility index (Phi) is 5.55. The van der Waals surface area contributed by atoms with Gasteiger partial charge in [0.2, 0.25) is 5.91 Å². The molecule has 2 aromatic rings. The van der Waals surface area contributed by atoms with Gasteiger partial charge < -0.3 is 10.2 Å². The third-order valence-corrected chi connectivity index (χ3v) is 4.46. The van der Waals surface area contributed by atoms with Crippen LogP contribution in [0.25, 0.3) is 0 Å². The van der Waals surface area contributed by atoms with E-state index >= 15 is 0 Å². The van der Waals surface area contributed by atoms with E-state index in [0.717, 1.165) is 30.5 Å². The quantitative estimate of drug-likeness (QED) is 0.893. The Hall–Kier alpha value is -2.83. The number of nitrogens with zero attached hydrogens (tertiary/aromatic N) is 2. The van der Waals surface area contributed by atoms with Crippen molar-refractivity contribution < 1.29 is 18.4 Å². The van der Waals surface area contributed by atoms with Gasteiger partial charge in [0.1, 0.15) is 11.6 Å². The number of carbonyl (C=O) groups is 2. The van der Waals surface area contributed by atoms with Crippen molar-refractivity contribution in [1.82, 2.24) is 15.2 Å². The smallest absolute Gasteiger partial charge is 0.254 e. The fraction of sp³-hybridized carbons (Fsp3) is 0.316. The maximum Gasteiger partial charge on any atom is 0.254 e. The lowest BCUT2D eigenvalue weighted by atomic mass is 10.1. The van der Waals surface area contributed by atoms with Gasteiger partial charge in [0.15, 0.2) is 0 Å². The number of amides is 2. The lowest BCUT2D eigenvalue weighted by Crippen LogP contribution is -2.34. The second kappa shape index (κ2) is 8.03. The molecule has 1 N–H and O–H groups in total. The molecule has 0 aliphatic carbocycles. The molecule has 1 atom stereocenters. The molecule has 1 aromatic heterocycles. The summed E-state index contributed by atoms with van der Waals surface area (Å²) >= 11 is 0. The highest BCUT2D eigenvalue weighted by atomic mass is 19.1. The summed E-state index contributed by atoms with van der Waals surface area (Å²) in [5, 5.41) is 2.51. The zero-order valence-electron chi connectivity index (χ0n) is 14.1. The molecule has 136 valence electrons. The summed E-state index contributed by atoms with van der Waals surface area (Å²) in [5.41, 5.74) is 0.804. The number of benzene rings is 1. The zero-order chi connectivity index (χ0) is 18.5. The van der Waals surface area contributed by atoms with Gasteiger partial charge in [-0.2, -0.15) is 0 Å². The second-order valence-electron chi connectivity index (χ2n) is 6.16. The van der Waals surface area contributed by atoms with E-state index in [0.29, 0.717) is 12.6 Å². The molecule has 1 unspecified atom stereocenters. The minimum absolute atomic E-state index is 0.0238. The number of rotatable bonds is 5. The summed E-state index contributed by atoms with van der Waals surface area (Å²) in [5.74, 6) is -2.40. The molecule has 0 saturated carbocycles. The number of nitrogens with one attached hydrogen (secondary N) is 1. The van der Waals surface area contributed by atoms with Crippen LogP contribution in [-0.4, -0.2) is 34.8 Å². The summed E-state index contributed by atoms with van der Waals surface area (Å²) in [7, 11) is 0. The minimum atomic E-state index is -0.925. The van der Waals surface area contributed by atoms with Crippen LogP contribution in [0.3, 0.4) is 0 Å². The summed E-state index contributed by atoms with van der Waals surface area (Å²) in [4.78, 5) is 30.3. The summed E-state index contributed by atoms with van der Waals surface area (Å²) in [6, 6.07) is 6.58. The van der Waals surface area contributed by atoms with Crippen molar-refractivity contribution in [2.45, 2.75) is 25.3 Å². The van der Waals surface area contributed by atoms with Gasteiger partial charge in [0, 0.05) is 38.0 Å². The average molecular weight is 359 g/mol. The molecule has 1 aliphatic rings. The largest absolute Gasteiger partial charge is 0.351 e. The number of aromatic nitrogens is 1. The Morgan fingerprint density at radius 2 is 1.96 bits per heavy atom. The van der Waals surface area contributed by atoms with E-state index in [-0.39, 0.29) is 30.5 Å². The first-order chi connectivity index (χ1) is 12.6. The van der Waals surface area contributed by atoms with Gasteiger partial charge in [-0.3, -0.25) is 14.6 Å². The van der Waals surface area contributed by atoms with Crippen LogP contribution < -0.4 is 5.32 Å². The molecule has 2 heterocycles. The molecule has 0 bridgehead atoms. The topological polar surface area (TPSA) is 62.3 Å². The van der Waals surface area contributed by atoms with Gasteiger partial charge in [-0.05, 0) is 42.7 Å². The van der Waals surface area contributed by atoms with Crippen LogP contribution in [0.4, 0.5) is 8.78 Å². The van der Waals surface area contributed by atoms with Crippen LogP contribution in [0, 0.1) is 11.6 Å². The normalized spacial score (nSPS) is 16.5. The highest BCUT2D eigenvalue weighted by molar-refractivity contribution is 5.94. The highest BCUT2D eigenvalue weighted by Gasteiger charge is 2.29. The molecule has 5 nitrogen and oxygen atoms in total. The van der Waals surface area contributed by atoms with Crippen molar-refractivity contribution in [2.24, 2.45) is 0 Å². The number of hydrogen-bond acceptors (Lipinski definition) is 3. The SMILES string of the molecule is O=C(NCCC(=O)N1CCCC1c1ccncc1)c1ccc(F)cc1F. The molecular weight excluding hydrogens is 340 g/mol. The number of halogens is 2. The highest BCUT2D eigenvalue weighted by Crippen LogP contribution is 2.31. The predicted molar refractivity (Wildman–Crippen MR) is 91.2 cm³/mol. The van der Waals surface area contributed by atoms with Crippen molar-refractivity contribution >= 4 is 11.8 Å². The fourth-order valence-corrected chi connectivity index (χ4v) is 3.19. The third kappa shape index (κ3) is 4.04. The molecule has 1 fully saturated rings. The van der Waals surface area contributed by atoms with Crippen LogP contribution in [0.15, 0.2) is 42.7 Å². The molecule has 26 heavy (non-hydrogen) atoms. The summed E-state index contributed by atoms with van der Waals surface area (Å²) < 4.78 is 26.5. The van der Waals surface area contributed by atoms with E-state index in [9.17, 15) is 18.4 Å². The summed E-state index contributed by atoms with van der Waals surface area (Å²) in [6.45, 7) is 0.764. The van der Waals surface area contributed by atoms with Crippen LogP contribution in [-0.2, 0) is 4.79 Å². The van der Waals surface area contributed by atoms with Crippen molar-refractivity contribution in [2.75, 3.05) is 13.1 Å². The van der Waals surface area contributed by atoms with Crippen molar-refractivity contribution in [3.63, 3.8) is 0 Å². The van der Waals surface area contributed by atoms with Crippen LogP contribution in [0.2, 0.25) is 0 Å². The second-order valence-corrected chi connectivity index (χ2v) is 6.16. The van der Waals surface area contributed by atoms with Gasteiger partial charge in [0.05, 0.1) is 11.6 Å². The van der Waals surface area contributed by atoms with Crippen LogP contribution >= 0.6 is 0 Å². The van der Waals surface area contributed by atoms with Crippen molar-refractivity contribution in [1.29, 1.82) is 0 Å². The van der Waals surface area contributed by atoms with Gasteiger partial charge in [0.25, 0.3) is 5.91 Å². The van der Waals surface area contributed by atoms with E-state index in [1.54, 1.807) is 17.3 Å². The molecule has 2 amide bonds. The Balaban J connectivity index is 1.54. The average Bonchev–Trinajstić information content (AvgIpc) is 3.12. The van der Waals surface area contributed by atoms with Crippen LogP contribution in [0.5, 0.6) is 0 Å². The van der Waals surface area contributed by atoms with Crippen molar-refractivity contribution in [3.05, 3.63) is 65.5 Å². The van der Waals surface area contributed by atoms with Crippen molar-refractivity contribution in [3.8, 4) is 0 Å². The lowest BCUT2D eigenvalue weighted by molar-refractivity contribution is -0.132. The van der Waals surface area contributed by atoms with E-state index in [2.05, 4.69) is 10.3 Å². The first-order valence-electron chi connectivity index (χ1n) is 8.49. The molecular formula is C19H19F2N3O2. The fourth-order valence-electron chi connectivity index (χ4n) is 3.19. The van der Waals surface area contributed by atoms with Gasteiger partial charge >= 0.3 is 0 Å². The number of pyridine rings is 1. The number of carbonyl (C=O) groups excluding carboxylic acids is 2. The monoisotopic (exact) mass is 359 g/mol. The minimum Gasteiger partial charge on any atom is -0.351 e. The van der Waals surface area contributed by atoms with Gasteiger partial charge in [-0.25, -0.2) is 8.78 Å². The molecule has 0 radical (unpaired) electrons. The van der Waals surface area contributed by atoms with Gasteiger partial charge in [-0.15, -0.1) is 0 Å². The van der Waals surface area contributed by atoms with E-state index < -0.39 is 17.5 Å². The Bertz CT molecular complexity index is 799. The molecule has 0 spiro atoms. The lowest BCUT2D eigenvalue weighted by Gasteiger charge is -2.25. The molecule has 1 aliphatic heterocycles. The van der Waals surface area contributed by atoms with Gasteiger partial charge in [-0.1, -0.05) is 0 Å². The molecule has 1 aromatic carbocycles. The first kappa shape index (κ1) is 18.0. The van der Waals surface area contributed by atoms with E-state index in [1.807, 2.05) is 12.1 Å². The standard InChI is InChI=1S/C19H19F2N3O2/c20-14-3-4-15(16(21)12-14)19(26)23-10-7-18(25)24-11-1-2-17(24)13-5-8-22-9-6-13/h3-6,8-9,12,17H,1-2,7,10-11H2,(H,23,26). The van der Waals surface area contributed by atoms with Crippen LogP contribution in [0.1, 0.15) is 41.2 Å². The molecule has 1 saturated heterocycles. The van der Waals surface area contributed by atoms with E-state index in [1.165, 1.54) is 0 Å². The Labute approximate surface area is 150 Å². The zero-order valence-corrected chi connectivity index (χ0v) is 14.1. The molecule has 7 heteroatoms. The number of likely N-dealkylation sites (tertiary alicyclic amines) is 1. The third-order valence-electron chi connectivity index (χ3n) is 4.46. The van der Waals surface area contributed by atoms with E-state index in [4.69, 9.17) is 0 Å². The summed E-state index contributed by atoms with van der Waals surface area (Å²) in [6.07, 6.45) is 5.34.